The second-order valence-corrected chi connectivity index (χ2v) is 4.68. The lowest BCUT2D eigenvalue weighted by Gasteiger charge is -2.15. The number of nitro groups is 1. The molecule has 1 aliphatic heterocycles. The number of aromatic amines is 1. The Bertz CT molecular complexity index is 803. The predicted molar refractivity (Wildman–Crippen MR) is 75.5 cm³/mol. The van der Waals surface area contributed by atoms with E-state index in [1.54, 1.807) is 24.3 Å². The van der Waals surface area contributed by atoms with Crippen LogP contribution in [0.25, 0.3) is 0 Å². The number of benzene rings is 1. The highest BCUT2D eigenvalue weighted by Crippen LogP contribution is 2.42. The molecular weight excluding hydrogens is 292 g/mol. The zero-order valence-corrected chi connectivity index (χ0v) is 11.5. The second-order valence-electron chi connectivity index (χ2n) is 4.68. The molecule has 0 bridgehead atoms. The van der Waals surface area contributed by atoms with Crippen molar-refractivity contribution in [1.29, 1.82) is 0 Å². The van der Waals surface area contributed by atoms with Crippen LogP contribution < -0.4 is 20.8 Å². The molecule has 0 aliphatic carbocycles. The second kappa shape index (κ2) is 5.02. The van der Waals surface area contributed by atoms with Gasteiger partial charge in [0.2, 0.25) is 11.8 Å². The summed E-state index contributed by atoms with van der Waals surface area (Å²) in [5, 5.41) is 11.3. The Morgan fingerprint density at radius 2 is 2.18 bits per heavy atom. The fraction of sp³-hybridized carbons (Fsp3) is 0.231. The molecule has 0 saturated heterocycles. The van der Waals surface area contributed by atoms with E-state index in [4.69, 9.17) is 15.2 Å². The number of aromatic nitrogens is 2. The number of nitrogens with one attached hydrogen (secondary N) is 1. The smallest absolute Gasteiger partial charge is 0.366 e. The largest absolute Gasteiger partial charge is 0.496 e. The van der Waals surface area contributed by atoms with Crippen LogP contribution in [-0.4, -0.2) is 28.2 Å². The summed E-state index contributed by atoms with van der Waals surface area (Å²) in [7, 11) is 1.45. The molecule has 0 amide bonds. The summed E-state index contributed by atoms with van der Waals surface area (Å²) >= 11 is 0. The van der Waals surface area contributed by atoms with Gasteiger partial charge in [-0.2, -0.15) is 4.98 Å². The van der Waals surface area contributed by atoms with Gasteiger partial charge in [0.05, 0.1) is 17.6 Å². The molecule has 0 saturated carbocycles. The number of hydrogen-bond acceptors (Lipinski definition) is 7. The van der Waals surface area contributed by atoms with E-state index in [9.17, 15) is 14.9 Å². The zero-order chi connectivity index (χ0) is 15.9. The Morgan fingerprint density at radius 1 is 1.45 bits per heavy atom. The minimum Gasteiger partial charge on any atom is -0.496 e. The first kappa shape index (κ1) is 13.9. The van der Waals surface area contributed by atoms with E-state index in [-0.39, 0.29) is 17.4 Å². The molecule has 2 heterocycles. The molecule has 9 nitrogen and oxygen atoms in total. The summed E-state index contributed by atoms with van der Waals surface area (Å²) in [5.74, 6) is -0.796. The first-order valence-electron chi connectivity index (χ1n) is 6.35. The minimum atomic E-state index is -1.47. The van der Waals surface area contributed by atoms with Crippen LogP contribution in [0.5, 0.6) is 11.6 Å². The summed E-state index contributed by atoms with van der Waals surface area (Å²) in [5.41, 5.74) is 5.43. The van der Waals surface area contributed by atoms with Crippen molar-refractivity contribution in [3.05, 3.63) is 55.9 Å². The summed E-state index contributed by atoms with van der Waals surface area (Å²) in [4.78, 5) is 29.0. The Hall–Kier alpha value is -3.10. The molecule has 2 aromatic rings. The summed E-state index contributed by atoms with van der Waals surface area (Å²) < 4.78 is 10.5. The predicted octanol–water partition coefficient (Wildman–Crippen LogP) is 0.488. The number of rotatable bonds is 3. The standard InChI is InChI=1S/C13H12N4O5/c1-21-7-5-3-2-4-6(7)8-9-10(18)15-13(14)16-11(9)22-12(8)17(19)20/h2-5,8,12H,1H3,(H3,14,15,16,18)/t8-,12-/m1/s1. The van der Waals surface area contributed by atoms with Crippen LogP contribution in [0, 0.1) is 10.1 Å². The lowest BCUT2D eigenvalue weighted by Crippen LogP contribution is -2.30. The number of para-hydroxylation sites is 1. The minimum absolute atomic E-state index is 0.0698. The first-order valence-corrected chi connectivity index (χ1v) is 6.35. The number of nitrogen functional groups attached to an aromatic ring is 1. The SMILES string of the molecule is COc1ccccc1[C@@H]1c2c(nc(N)[nH]c2=O)O[C@H]1[N+](=O)[O-]. The maximum atomic E-state index is 12.2. The third kappa shape index (κ3) is 2.03. The topological polar surface area (TPSA) is 133 Å². The average molecular weight is 304 g/mol. The molecule has 114 valence electrons. The molecule has 3 rings (SSSR count). The van der Waals surface area contributed by atoms with Crippen molar-refractivity contribution in [1.82, 2.24) is 9.97 Å². The molecule has 0 fully saturated rings. The van der Waals surface area contributed by atoms with Gasteiger partial charge in [0.1, 0.15) is 11.7 Å². The maximum Gasteiger partial charge on any atom is 0.366 e. The van der Waals surface area contributed by atoms with Crippen LogP contribution >= 0.6 is 0 Å². The van der Waals surface area contributed by atoms with Crippen LogP contribution in [-0.2, 0) is 0 Å². The Kier molecular flexibility index (Phi) is 3.17. The number of ether oxygens (including phenoxy) is 2. The highest BCUT2D eigenvalue weighted by atomic mass is 16.7. The van der Waals surface area contributed by atoms with Gasteiger partial charge < -0.3 is 15.2 Å². The van der Waals surface area contributed by atoms with Crippen molar-refractivity contribution in [3.8, 4) is 11.6 Å². The molecule has 0 spiro atoms. The van der Waals surface area contributed by atoms with Crippen molar-refractivity contribution < 1.29 is 14.4 Å². The van der Waals surface area contributed by atoms with Gasteiger partial charge in [-0.15, -0.1) is 0 Å². The van der Waals surface area contributed by atoms with Crippen molar-refractivity contribution in [2.75, 3.05) is 12.8 Å². The lowest BCUT2D eigenvalue weighted by molar-refractivity contribution is -0.562. The number of fused-ring (bicyclic) bond motifs is 1. The van der Waals surface area contributed by atoms with Crippen LogP contribution in [0.4, 0.5) is 5.95 Å². The van der Waals surface area contributed by atoms with E-state index in [1.165, 1.54) is 7.11 Å². The molecule has 0 unspecified atom stereocenters. The fourth-order valence-electron chi connectivity index (χ4n) is 2.56. The van der Waals surface area contributed by atoms with E-state index in [1.807, 2.05) is 0 Å². The monoisotopic (exact) mass is 304 g/mol. The first-order chi connectivity index (χ1) is 10.5. The Morgan fingerprint density at radius 3 is 2.86 bits per heavy atom. The quantitative estimate of drug-likeness (QED) is 0.622. The normalized spacial score (nSPS) is 19.3. The lowest BCUT2D eigenvalue weighted by atomic mass is 9.92. The van der Waals surface area contributed by atoms with E-state index >= 15 is 0 Å². The van der Waals surface area contributed by atoms with Gasteiger partial charge in [-0.05, 0) is 6.07 Å². The van der Waals surface area contributed by atoms with Crippen molar-refractivity contribution in [2.24, 2.45) is 0 Å². The number of methoxy groups -OCH3 is 1. The van der Waals surface area contributed by atoms with Gasteiger partial charge in [0.15, 0.2) is 0 Å². The third-order valence-corrected chi connectivity index (χ3v) is 3.45. The highest BCUT2D eigenvalue weighted by molar-refractivity contribution is 5.48. The van der Waals surface area contributed by atoms with Gasteiger partial charge >= 0.3 is 6.23 Å². The van der Waals surface area contributed by atoms with Crippen molar-refractivity contribution >= 4 is 5.95 Å². The summed E-state index contributed by atoms with van der Waals surface area (Å²) in [6.07, 6.45) is -1.47. The van der Waals surface area contributed by atoms with Gasteiger partial charge in [0, 0.05) is 5.56 Å². The average Bonchev–Trinajstić information content (AvgIpc) is 2.86. The van der Waals surface area contributed by atoms with Gasteiger partial charge in [0.25, 0.3) is 5.56 Å². The molecule has 0 radical (unpaired) electrons. The molecule has 1 aromatic heterocycles. The van der Waals surface area contributed by atoms with E-state index < -0.39 is 22.6 Å². The van der Waals surface area contributed by atoms with E-state index in [2.05, 4.69) is 9.97 Å². The molecule has 22 heavy (non-hydrogen) atoms. The van der Waals surface area contributed by atoms with E-state index in [0.717, 1.165) is 0 Å². The van der Waals surface area contributed by atoms with E-state index in [0.29, 0.717) is 11.3 Å². The molecule has 9 heteroatoms. The zero-order valence-electron chi connectivity index (χ0n) is 11.5. The van der Waals surface area contributed by atoms with Crippen molar-refractivity contribution in [3.63, 3.8) is 0 Å². The van der Waals surface area contributed by atoms with Crippen LogP contribution in [0.2, 0.25) is 0 Å². The molecule has 3 N–H and O–H groups in total. The number of H-pyrrole nitrogens is 1. The maximum absolute atomic E-state index is 12.2. The van der Waals surface area contributed by atoms with Crippen LogP contribution in [0.3, 0.4) is 0 Å². The molecule has 1 aromatic carbocycles. The molecule has 1 aliphatic rings. The number of nitrogens with two attached hydrogens (primary N) is 1. The number of hydrogen-bond donors (Lipinski definition) is 2. The fourth-order valence-corrected chi connectivity index (χ4v) is 2.56. The number of anilines is 1. The highest BCUT2D eigenvalue weighted by Gasteiger charge is 2.48. The Labute approximate surface area is 123 Å². The van der Waals surface area contributed by atoms with Gasteiger partial charge in [-0.25, -0.2) is 0 Å². The molecular formula is C13H12N4O5. The van der Waals surface area contributed by atoms with Crippen LogP contribution in [0.15, 0.2) is 29.1 Å². The Balaban J connectivity index is 2.24. The number of nitrogens with zero attached hydrogens (tertiary/aromatic N) is 2. The van der Waals surface area contributed by atoms with Gasteiger partial charge in [-0.1, -0.05) is 18.2 Å². The van der Waals surface area contributed by atoms with Crippen LogP contribution in [0.1, 0.15) is 17.0 Å². The molecule has 2 atom stereocenters. The van der Waals surface area contributed by atoms with Crippen molar-refractivity contribution in [2.45, 2.75) is 12.1 Å². The summed E-state index contributed by atoms with van der Waals surface area (Å²) in [6, 6.07) is 6.73. The summed E-state index contributed by atoms with van der Waals surface area (Å²) in [6.45, 7) is 0. The third-order valence-electron chi connectivity index (χ3n) is 3.45. The van der Waals surface area contributed by atoms with Gasteiger partial charge in [-0.3, -0.25) is 19.9 Å².